The van der Waals surface area contributed by atoms with E-state index >= 15 is 0 Å². The van der Waals surface area contributed by atoms with Gasteiger partial charge in [-0.05, 0) is 49.1 Å². The maximum Gasteiger partial charge on any atom is 0.273 e. The van der Waals surface area contributed by atoms with Crippen molar-refractivity contribution in [3.05, 3.63) is 56.5 Å². The van der Waals surface area contributed by atoms with Gasteiger partial charge in [-0.15, -0.1) is 0 Å². The zero-order chi connectivity index (χ0) is 22.5. The van der Waals surface area contributed by atoms with Crippen LogP contribution in [-0.2, 0) is 11.3 Å². The van der Waals surface area contributed by atoms with Gasteiger partial charge in [0.15, 0.2) is 0 Å². The summed E-state index contributed by atoms with van der Waals surface area (Å²) in [6, 6.07) is 5.40. The van der Waals surface area contributed by atoms with Crippen LogP contribution in [0.4, 0.5) is 0 Å². The monoisotopic (exact) mass is 472 g/mol. The smallest absolute Gasteiger partial charge is 0.273 e. The third kappa shape index (κ3) is 9.00. The van der Waals surface area contributed by atoms with Crippen LogP contribution in [0.2, 0.25) is 10.0 Å². The molecule has 0 atom stereocenters. The summed E-state index contributed by atoms with van der Waals surface area (Å²) in [5.74, 6) is 1.71. The molecule has 0 saturated carbocycles. The highest BCUT2D eigenvalue weighted by Gasteiger charge is 2.15. The van der Waals surface area contributed by atoms with E-state index < -0.39 is 0 Å². The molecule has 1 aromatic carbocycles. The van der Waals surface area contributed by atoms with Gasteiger partial charge in [-0.2, -0.15) is 11.8 Å². The minimum Gasteiger partial charge on any atom is -0.396 e. The number of rotatable bonds is 13. The van der Waals surface area contributed by atoms with Crippen LogP contribution in [0.3, 0.4) is 0 Å². The minimum atomic E-state index is -0.312. The van der Waals surface area contributed by atoms with Gasteiger partial charge in [-0.25, -0.2) is 0 Å². The second kappa shape index (κ2) is 14.4. The van der Waals surface area contributed by atoms with Crippen molar-refractivity contribution in [2.75, 3.05) is 24.7 Å². The maximum absolute atomic E-state index is 12.9. The quantitative estimate of drug-likeness (QED) is 0.169. The lowest BCUT2D eigenvalue weighted by Crippen LogP contribution is -2.38. The Morgan fingerprint density at radius 1 is 1.20 bits per heavy atom. The number of halogens is 2. The van der Waals surface area contributed by atoms with E-state index in [1.54, 1.807) is 30.8 Å². The second-order valence-electron chi connectivity index (χ2n) is 6.53. The molecule has 9 heteroatoms. The van der Waals surface area contributed by atoms with Gasteiger partial charge in [-0.1, -0.05) is 36.2 Å². The number of amides is 1. The first-order chi connectivity index (χ1) is 14.3. The van der Waals surface area contributed by atoms with E-state index in [9.17, 15) is 4.79 Å². The molecule has 166 valence electrons. The van der Waals surface area contributed by atoms with Crippen LogP contribution < -0.4 is 16.0 Å². The summed E-state index contributed by atoms with van der Waals surface area (Å²) in [5.41, 5.74) is 2.82. The van der Waals surface area contributed by atoms with Gasteiger partial charge < -0.3 is 26.5 Å². The van der Waals surface area contributed by atoms with Gasteiger partial charge >= 0.3 is 0 Å². The summed E-state index contributed by atoms with van der Waals surface area (Å²) in [6.07, 6.45) is 1.92. The molecule has 5 N–H and O–H groups in total. The molecule has 0 unspecified atom stereocenters. The zero-order valence-electron chi connectivity index (χ0n) is 17.6. The molecule has 0 aliphatic heterocycles. The number of aliphatic hydroxyl groups is 1. The summed E-state index contributed by atoms with van der Waals surface area (Å²) in [7, 11) is 0. The summed E-state index contributed by atoms with van der Waals surface area (Å²) in [6.45, 7) is 6.83. The first kappa shape index (κ1) is 26.4. The van der Waals surface area contributed by atoms with E-state index in [-0.39, 0.29) is 12.5 Å². The number of benzene rings is 1. The number of allylic oxidation sites excluding steroid dienone is 2. The molecule has 0 fully saturated rings. The first-order valence-electron chi connectivity index (χ1n) is 9.66. The summed E-state index contributed by atoms with van der Waals surface area (Å²) in [5, 5.41) is 26.7. The van der Waals surface area contributed by atoms with Crippen molar-refractivity contribution in [2.45, 2.75) is 33.7 Å². The van der Waals surface area contributed by atoms with E-state index in [0.29, 0.717) is 46.0 Å². The lowest BCUT2D eigenvalue weighted by Gasteiger charge is -2.18. The Morgan fingerprint density at radius 2 is 1.93 bits per heavy atom. The molecule has 0 aliphatic rings. The van der Waals surface area contributed by atoms with Crippen molar-refractivity contribution in [2.24, 2.45) is 0 Å². The largest absolute Gasteiger partial charge is 0.396 e. The number of aliphatic hydroxyl groups excluding tert-OH is 1. The van der Waals surface area contributed by atoms with Crippen LogP contribution in [0.5, 0.6) is 0 Å². The predicted octanol–water partition coefficient (Wildman–Crippen LogP) is 4.08. The summed E-state index contributed by atoms with van der Waals surface area (Å²) < 4.78 is 0. The Kier molecular flexibility index (Phi) is 12.6. The van der Waals surface area contributed by atoms with E-state index in [4.69, 9.17) is 33.7 Å². The lowest BCUT2D eigenvalue weighted by molar-refractivity contribution is -0.117. The number of nitrogens with one attached hydrogen (secondary N) is 4. The maximum atomic E-state index is 12.9. The van der Waals surface area contributed by atoms with Crippen molar-refractivity contribution in [1.29, 1.82) is 5.41 Å². The van der Waals surface area contributed by atoms with Crippen LogP contribution >= 0.6 is 35.0 Å². The normalized spacial score (nSPS) is 12.6. The van der Waals surface area contributed by atoms with E-state index in [1.807, 2.05) is 19.9 Å². The molecule has 0 bridgehead atoms. The molecule has 1 amide bonds. The third-order valence-corrected chi connectivity index (χ3v) is 5.97. The van der Waals surface area contributed by atoms with E-state index in [2.05, 4.69) is 16.0 Å². The molecule has 6 nitrogen and oxygen atoms in total. The van der Waals surface area contributed by atoms with Crippen LogP contribution in [0, 0.1) is 5.41 Å². The van der Waals surface area contributed by atoms with Crippen molar-refractivity contribution in [3.63, 3.8) is 0 Å². The highest BCUT2D eigenvalue weighted by atomic mass is 35.5. The van der Waals surface area contributed by atoms with Crippen LogP contribution in [0.25, 0.3) is 0 Å². The number of carbonyl (C=O) groups excluding carboxylic acids is 1. The molecule has 0 spiro atoms. The third-order valence-electron chi connectivity index (χ3n) is 4.27. The molecule has 30 heavy (non-hydrogen) atoms. The Morgan fingerprint density at radius 3 is 2.53 bits per heavy atom. The molecule has 0 aliphatic carbocycles. The van der Waals surface area contributed by atoms with Crippen molar-refractivity contribution in [1.82, 2.24) is 16.0 Å². The second-order valence-corrected chi connectivity index (χ2v) is 8.57. The number of thioether (sulfide) groups is 1. The number of carbonyl (C=O) groups is 1. The molecule has 1 rings (SSSR count). The molecular weight excluding hydrogens is 443 g/mol. The topological polar surface area (TPSA) is 97.2 Å². The number of hydrogen-bond acceptors (Lipinski definition) is 6. The SMILES string of the molecule is CC/C(C)=C(/NCc1ccc(Cl)c(Cl)c1)NC(=O)/C(NCCSCCO)=C(\C)C=N. The van der Waals surface area contributed by atoms with Crippen LogP contribution in [0.1, 0.15) is 32.8 Å². The van der Waals surface area contributed by atoms with Crippen molar-refractivity contribution in [3.8, 4) is 0 Å². The predicted molar refractivity (Wildman–Crippen MR) is 128 cm³/mol. The highest BCUT2D eigenvalue weighted by molar-refractivity contribution is 7.99. The van der Waals surface area contributed by atoms with Gasteiger partial charge in [0, 0.05) is 30.8 Å². The lowest BCUT2D eigenvalue weighted by atomic mass is 10.2. The molecule has 1 aromatic rings. The summed E-state index contributed by atoms with van der Waals surface area (Å²) in [4.78, 5) is 12.9. The van der Waals surface area contributed by atoms with Crippen molar-refractivity contribution < 1.29 is 9.90 Å². The Labute approximate surface area is 193 Å². The molecule has 0 saturated heterocycles. The zero-order valence-corrected chi connectivity index (χ0v) is 19.9. The van der Waals surface area contributed by atoms with Gasteiger partial charge in [0.1, 0.15) is 11.5 Å². The fourth-order valence-electron chi connectivity index (χ4n) is 2.38. The Balaban J connectivity index is 2.86. The molecular formula is C21H30Cl2N4O2S. The number of hydrogen-bond donors (Lipinski definition) is 5. The van der Waals surface area contributed by atoms with E-state index in [1.165, 1.54) is 0 Å². The van der Waals surface area contributed by atoms with E-state index in [0.717, 1.165) is 29.5 Å². The average Bonchev–Trinajstić information content (AvgIpc) is 2.74. The fourth-order valence-corrected chi connectivity index (χ4v) is 3.28. The fraction of sp³-hybridized carbons (Fsp3) is 0.429. The average molecular weight is 473 g/mol. The van der Waals surface area contributed by atoms with Gasteiger partial charge in [0.25, 0.3) is 5.91 Å². The highest BCUT2D eigenvalue weighted by Crippen LogP contribution is 2.22. The van der Waals surface area contributed by atoms with Crippen LogP contribution in [0.15, 0.2) is 40.9 Å². The Bertz CT molecular complexity index is 797. The first-order valence-corrected chi connectivity index (χ1v) is 11.6. The summed E-state index contributed by atoms with van der Waals surface area (Å²) >= 11 is 13.6. The van der Waals surface area contributed by atoms with Crippen molar-refractivity contribution >= 4 is 47.1 Å². The molecule has 0 heterocycles. The standard InChI is InChI=1S/C21H30Cl2N4O2S/c1-4-14(2)20(26-13-16-5-6-17(22)18(23)11-16)27-21(29)19(15(3)12-24)25-7-9-30-10-8-28/h5-6,11-12,24-26,28H,4,7-10,13H2,1-3H3,(H,27,29)/b19-15-,20-14-,24-12?. The molecule has 0 aromatic heterocycles. The van der Waals surface area contributed by atoms with Gasteiger partial charge in [0.05, 0.1) is 16.7 Å². The molecule has 0 radical (unpaired) electrons. The van der Waals surface area contributed by atoms with Crippen LogP contribution in [-0.4, -0.2) is 41.9 Å². The minimum absolute atomic E-state index is 0.127. The van der Waals surface area contributed by atoms with Gasteiger partial charge in [-0.3, -0.25) is 4.79 Å². The van der Waals surface area contributed by atoms with Gasteiger partial charge in [0.2, 0.25) is 0 Å². The Hall–Kier alpha value is -1.67.